The molecule has 3 rings (SSSR count). The Bertz CT molecular complexity index is 617. The summed E-state index contributed by atoms with van der Waals surface area (Å²) in [6.45, 7) is 5.41. The van der Waals surface area contributed by atoms with Crippen LogP contribution in [0.1, 0.15) is 18.9 Å². The van der Waals surface area contributed by atoms with Gasteiger partial charge in [0, 0.05) is 38.7 Å². The average Bonchev–Trinajstić information content (AvgIpc) is 2.58. The number of anilines is 1. The minimum atomic E-state index is 0.238. The molecule has 1 saturated heterocycles. The summed E-state index contributed by atoms with van der Waals surface area (Å²) in [6, 6.07) is 16.5. The number of hydrogen-bond acceptors (Lipinski definition) is 4. The molecule has 0 amide bonds. The van der Waals surface area contributed by atoms with E-state index in [2.05, 4.69) is 52.5 Å². The fourth-order valence-electron chi connectivity index (χ4n) is 3.15. The highest BCUT2D eigenvalue weighted by Crippen LogP contribution is 2.23. The SMILES string of the molecule is CNc1cccc(OC2CCN(Cc3ccccc3)C[C@H]2C)n1. The molecule has 2 atom stereocenters. The molecule has 0 spiro atoms. The van der Waals surface area contributed by atoms with Crippen molar-refractivity contribution in [3.8, 4) is 5.88 Å². The molecule has 1 aliphatic rings. The topological polar surface area (TPSA) is 37.4 Å². The third-order valence-corrected chi connectivity index (χ3v) is 4.41. The predicted octanol–water partition coefficient (Wildman–Crippen LogP) is 3.41. The molecule has 0 radical (unpaired) electrons. The van der Waals surface area contributed by atoms with Gasteiger partial charge in [0.1, 0.15) is 11.9 Å². The van der Waals surface area contributed by atoms with Gasteiger partial charge in [-0.05, 0) is 18.1 Å². The van der Waals surface area contributed by atoms with E-state index in [1.54, 1.807) is 0 Å². The number of piperidine rings is 1. The van der Waals surface area contributed by atoms with Gasteiger partial charge in [0.05, 0.1) is 0 Å². The maximum Gasteiger partial charge on any atom is 0.215 e. The van der Waals surface area contributed by atoms with E-state index in [0.29, 0.717) is 11.8 Å². The summed E-state index contributed by atoms with van der Waals surface area (Å²) in [4.78, 5) is 6.97. The van der Waals surface area contributed by atoms with Gasteiger partial charge in [0.2, 0.25) is 5.88 Å². The van der Waals surface area contributed by atoms with E-state index in [1.165, 1.54) is 5.56 Å². The molecule has 2 heterocycles. The van der Waals surface area contributed by atoms with Crippen molar-refractivity contribution in [2.24, 2.45) is 5.92 Å². The minimum Gasteiger partial charge on any atom is -0.474 e. The van der Waals surface area contributed by atoms with Crippen LogP contribution in [-0.4, -0.2) is 36.1 Å². The monoisotopic (exact) mass is 311 g/mol. The molecule has 1 aromatic heterocycles. The van der Waals surface area contributed by atoms with Crippen LogP contribution >= 0.6 is 0 Å². The summed E-state index contributed by atoms with van der Waals surface area (Å²) >= 11 is 0. The number of hydrogen-bond donors (Lipinski definition) is 1. The first-order chi connectivity index (χ1) is 11.2. The van der Waals surface area contributed by atoms with Crippen LogP contribution in [0.5, 0.6) is 5.88 Å². The summed E-state index contributed by atoms with van der Waals surface area (Å²) in [7, 11) is 1.87. The maximum atomic E-state index is 6.13. The van der Waals surface area contributed by atoms with Crippen molar-refractivity contribution in [1.82, 2.24) is 9.88 Å². The van der Waals surface area contributed by atoms with E-state index in [4.69, 9.17) is 4.74 Å². The van der Waals surface area contributed by atoms with Crippen LogP contribution < -0.4 is 10.1 Å². The third kappa shape index (κ3) is 4.23. The lowest BCUT2D eigenvalue weighted by molar-refractivity contribution is 0.0462. The van der Waals surface area contributed by atoms with Gasteiger partial charge in [-0.25, -0.2) is 0 Å². The Morgan fingerprint density at radius 2 is 2.00 bits per heavy atom. The largest absolute Gasteiger partial charge is 0.474 e. The Balaban J connectivity index is 1.56. The van der Waals surface area contributed by atoms with E-state index >= 15 is 0 Å². The first-order valence-electron chi connectivity index (χ1n) is 8.32. The zero-order valence-corrected chi connectivity index (χ0v) is 13.9. The highest BCUT2D eigenvalue weighted by molar-refractivity contribution is 5.36. The van der Waals surface area contributed by atoms with E-state index in [9.17, 15) is 0 Å². The summed E-state index contributed by atoms with van der Waals surface area (Å²) in [5.41, 5.74) is 1.38. The summed E-state index contributed by atoms with van der Waals surface area (Å²) in [6.07, 6.45) is 1.28. The molecule has 4 heteroatoms. The minimum absolute atomic E-state index is 0.238. The summed E-state index contributed by atoms with van der Waals surface area (Å²) in [5.74, 6) is 2.05. The zero-order valence-electron chi connectivity index (χ0n) is 13.9. The van der Waals surface area contributed by atoms with E-state index in [-0.39, 0.29) is 6.10 Å². The lowest BCUT2D eigenvalue weighted by atomic mass is 9.96. The Morgan fingerprint density at radius 3 is 2.74 bits per heavy atom. The van der Waals surface area contributed by atoms with Crippen molar-refractivity contribution < 1.29 is 4.74 Å². The molecule has 4 nitrogen and oxygen atoms in total. The number of nitrogens with one attached hydrogen (secondary N) is 1. The Hall–Kier alpha value is -2.07. The molecule has 23 heavy (non-hydrogen) atoms. The predicted molar refractivity (Wildman–Crippen MR) is 93.7 cm³/mol. The normalized spacial score (nSPS) is 21.8. The van der Waals surface area contributed by atoms with Crippen molar-refractivity contribution in [2.75, 3.05) is 25.5 Å². The van der Waals surface area contributed by atoms with Crippen LogP contribution in [-0.2, 0) is 6.54 Å². The lowest BCUT2D eigenvalue weighted by Gasteiger charge is -2.36. The van der Waals surface area contributed by atoms with Crippen molar-refractivity contribution in [3.63, 3.8) is 0 Å². The van der Waals surface area contributed by atoms with Gasteiger partial charge in [-0.1, -0.05) is 43.3 Å². The number of ether oxygens (including phenoxy) is 1. The van der Waals surface area contributed by atoms with Crippen LogP contribution in [0.15, 0.2) is 48.5 Å². The van der Waals surface area contributed by atoms with Gasteiger partial charge in [-0.3, -0.25) is 4.90 Å². The number of rotatable bonds is 5. The number of nitrogens with zero attached hydrogens (tertiary/aromatic N) is 2. The molecule has 1 aromatic carbocycles. The van der Waals surface area contributed by atoms with Crippen molar-refractivity contribution in [2.45, 2.75) is 26.0 Å². The molecule has 0 saturated carbocycles. The maximum absolute atomic E-state index is 6.13. The van der Waals surface area contributed by atoms with Crippen molar-refractivity contribution in [3.05, 3.63) is 54.1 Å². The second-order valence-electron chi connectivity index (χ2n) is 6.25. The van der Waals surface area contributed by atoms with Crippen molar-refractivity contribution >= 4 is 5.82 Å². The molecule has 2 aromatic rings. The Morgan fingerprint density at radius 1 is 1.17 bits per heavy atom. The lowest BCUT2D eigenvalue weighted by Crippen LogP contribution is -2.44. The number of pyridine rings is 1. The van der Waals surface area contributed by atoms with Gasteiger partial charge in [0.15, 0.2) is 0 Å². The van der Waals surface area contributed by atoms with E-state index in [1.807, 2.05) is 25.2 Å². The molecule has 1 fully saturated rings. The van der Waals surface area contributed by atoms with Crippen molar-refractivity contribution in [1.29, 1.82) is 0 Å². The summed E-state index contributed by atoms with van der Waals surface area (Å²) < 4.78 is 6.13. The average molecular weight is 311 g/mol. The zero-order chi connectivity index (χ0) is 16.1. The fraction of sp³-hybridized carbons (Fsp3) is 0.421. The second-order valence-corrected chi connectivity index (χ2v) is 6.25. The van der Waals surface area contributed by atoms with Gasteiger partial charge in [-0.15, -0.1) is 0 Å². The van der Waals surface area contributed by atoms with Crippen LogP contribution in [0.2, 0.25) is 0 Å². The highest BCUT2D eigenvalue weighted by atomic mass is 16.5. The van der Waals surface area contributed by atoms with E-state index < -0.39 is 0 Å². The number of aromatic nitrogens is 1. The molecule has 122 valence electrons. The Labute approximate surface area is 138 Å². The second kappa shape index (κ2) is 7.47. The molecule has 1 aliphatic heterocycles. The first kappa shape index (κ1) is 15.8. The smallest absolute Gasteiger partial charge is 0.215 e. The Kier molecular flexibility index (Phi) is 5.13. The van der Waals surface area contributed by atoms with E-state index in [0.717, 1.165) is 31.9 Å². The summed E-state index contributed by atoms with van der Waals surface area (Å²) in [5, 5.41) is 3.05. The quantitative estimate of drug-likeness (QED) is 0.918. The van der Waals surface area contributed by atoms with Crippen LogP contribution in [0.3, 0.4) is 0 Å². The van der Waals surface area contributed by atoms with Gasteiger partial charge >= 0.3 is 0 Å². The van der Waals surface area contributed by atoms with Gasteiger partial charge in [0.25, 0.3) is 0 Å². The number of benzene rings is 1. The molecular weight excluding hydrogens is 286 g/mol. The van der Waals surface area contributed by atoms with Crippen LogP contribution in [0.4, 0.5) is 5.82 Å². The molecule has 1 unspecified atom stereocenters. The highest BCUT2D eigenvalue weighted by Gasteiger charge is 2.27. The molecule has 1 N–H and O–H groups in total. The molecular formula is C19H25N3O. The van der Waals surface area contributed by atoms with Gasteiger partial charge in [-0.2, -0.15) is 4.98 Å². The first-order valence-corrected chi connectivity index (χ1v) is 8.32. The standard InChI is InChI=1S/C19H25N3O/c1-15-13-22(14-16-7-4-3-5-8-16)12-11-17(15)23-19-10-6-9-18(20-2)21-19/h3-10,15,17H,11-14H2,1-2H3,(H,20,21)/t15-,17?/m1/s1. The van der Waals surface area contributed by atoms with Gasteiger partial charge < -0.3 is 10.1 Å². The van der Waals surface area contributed by atoms with Crippen LogP contribution in [0, 0.1) is 5.92 Å². The molecule has 0 bridgehead atoms. The number of likely N-dealkylation sites (tertiary alicyclic amines) is 1. The third-order valence-electron chi connectivity index (χ3n) is 4.41. The molecule has 0 aliphatic carbocycles. The fourth-order valence-corrected chi connectivity index (χ4v) is 3.15. The van der Waals surface area contributed by atoms with Crippen LogP contribution in [0.25, 0.3) is 0 Å².